The molecule has 0 fully saturated rings. The van der Waals surface area contributed by atoms with Crippen LogP contribution in [-0.2, 0) is 14.4 Å². The predicted octanol–water partition coefficient (Wildman–Crippen LogP) is 14.1. The van der Waals surface area contributed by atoms with E-state index in [4.69, 9.17) is 18.6 Å². The molecule has 1 heterocycles. The van der Waals surface area contributed by atoms with E-state index in [1.807, 2.05) is 0 Å². The quantitative estimate of drug-likeness (QED) is 0.0272. The first kappa shape index (κ1) is 50.9. The molecule has 3 rings (SSSR count). The standard InChI is InChI=1S/C51H74O10/c1-5-9-13-17-21-25-29-40(53)46-41(58-43(54)30-26-22-18-14-10-6-2)37-42-47(50(46)60-44(55)31-27-23-19-15-11-7-3)48(57)51(49(59-42)38-33-35-39(52)36-34-38)61-45(56)32-28-24-20-16-12-8-4/h33-37,52H,5-32H2,1-4H3. The van der Waals surface area contributed by atoms with E-state index in [1.54, 1.807) is 0 Å². The third-order valence-electron chi connectivity index (χ3n) is 11.1. The van der Waals surface area contributed by atoms with E-state index in [-0.39, 0.29) is 65.2 Å². The van der Waals surface area contributed by atoms with Crippen molar-refractivity contribution in [1.29, 1.82) is 0 Å². The van der Waals surface area contributed by atoms with Crippen LogP contribution in [-0.4, -0.2) is 28.8 Å². The minimum absolute atomic E-state index is 0.0267. The minimum Gasteiger partial charge on any atom is -0.508 e. The van der Waals surface area contributed by atoms with Gasteiger partial charge in [0.25, 0.3) is 0 Å². The molecule has 0 atom stereocenters. The third kappa shape index (κ3) is 18.2. The smallest absolute Gasteiger partial charge is 0.311 e. The van der Waals surface area contributed by atoms with Crippen molar-refractivity contribution in [2.75, 3.05) is 0 Å². The molecule has 0 aliphatic carbocycles. The van der Waals surface area contributed by atoms with Gasteiger partial charge in [-0.05, 0) is 49.9 Å². The van der Waals surface area contributed by atoms with Crippen LogP contribution in [0.1, 0.15) is 218 Å². The molecule has 10 nitrogen and oxygen atoms in total. The molecule has 0 aliphatic rings. The van der Waals surface area contributed by atoms with Gasteiger partial charge in [-0.25, -0.2) is 0 Å². The number of rotatable bonds is 33. The fourth-order valence-electron chi connectivity index (χ4n) is 7.47. The molecule has 338 valence electrons. The second-order valence-corrected chi connectivity index (χ2v) is 16.5. The molecular formula is C51H74O10. The molecule has 2 aromatic carbocycles. The van der Waals surface area contributed by atoms with Crippen LogP contribution in [0.4, 0.5) is 0 Å². The highest BCUT2D eigenvalue weighted by atomic mass is 16.6. The van der Waals surface area contributed by atoms with Crippen LogP contribution in [0.3, 0.4) is 0 Å². The second kappa shape index (κ2) is 29.7. The van der Waals surface area contributed by atoms with E-state index in [0.29, 0.717) is 31.2 Å². The van der Waals surface area contributed by atoms with Gasteiger partial charge in [0.2, 0.25) is 11.2 Å². The number of fused-ring (bicyclic) bond motifs is 1. The second-order valence-electron chi connectivity index (χ2n) is 16.5. The van der Waals surface area contributed by atoms with Crippen LogP contribution >= 0.6 is 0 Å². The number of carbonyl (C=O) groups is 4. The summed E-state index contributed by atoms with van der Waals surface area (Å²) < 4.78 is 24.3. The molecule has 10 heteroatoms. The number of carbonyl (C=O) groups excluding carboxylic acids is 4. The van der Waals surface area contributed by atoms with Crippen molar-refractivity contribution in [3.05, 3.63) is 46.1 Å². The van der Waals surface area contributed by atoms with E-state index in [9.17, 15) is 29.1 Å². The van der Waals surface area contributed by atoms with Crippen molar-refractivity contribution < 1.29 is 42.9 Å². The first-order valence-corrected chi connectivity index (χ1v) is 23.8. The SMILES string of the molecule is CCCCCCCCC(=O)Oc1cc2oc(-c3ccc(O)cc3)c(OC(=O)CCCCCCCC)c(=O)c2c(OC(=O)CCCCCCCC)c1C(=O)CCCCCCCC. The lowest BCUT2D eigenvalue weighted by Gasteiger charge is -2.18. The largest absolute Gasteiger partial charge is 0.508 e. The van der Waals surface area contributed by atoms with Gasteiger partial charge in [-0.1, -0.05) is 156 Å². The molecule has 0 spiro atoms. The van der Waals surface area contributed by atoms with E-state index in [0.717, 1.165) is 128 Å². The molecule has 0 saturated heterocycles. The van der Waals surface area contributed by atoms with Crippen molar-refractivity contribution >= 4 is 34.7 Å². The number of hydrogen-bond acceptors (Lipinski definition) is 10. The Labute approximate surface area is 364 Å². The molecule has 0 aliphatic heterocycles. The lowest BCUT2D eigenvalue weighted by atomic mass is 9.98. The van der Waals surface area contributed by atoms with E-state index in [1.165, 1.54) is 30.3 Å². The van der Waals surface area contributed by atoms with Gasteiger partial charge >= 0.3 is 17.9 Å². The van der Waals surface area contributed by atoms with Crippen molar-refractivity contribution in [3.63, 3.8) is 0 Å². The first-order valence-electron chi connectivity index (χ1n) is 23.8. The fourth-order valence-corrected chi connectivity index (χ4v) is 7.47. The Bertz CT molecular complexity index is 1840. The highest BCUT2D eigenvalue weighted by Crippen LogP contribution is 2.42. The summed E-state index contributed by atoms with van der Waals surface area (Å²) in [5, 5.41) is 9.82. The van der Waals surface area contributed by atoms with Crippen LogP contribution in [0.2, 0.25) is 0 Å². The molecule has 0 saturated carbocycles. The van der Waals surface area contributed by atoms with Gasteiger partial charge in [0.05, 0.1) is 0 Å². The third-order valence-corrected chi connectivity index (χ3v) is 11.1. The fraction of sp³-hybridized carbons (Fsp3) is 0.627. The zero-order valence-electron chi connectivity index (χ0n) is 37.8. The van der Waals surface area contributed by atoms with E-state index < -0.39 is 34.9 Å². The number of unbranched alkanes of at least 4 members (excludes halogenated alkanes) is 20. The molecule has 1 aromatic heterocycles. The summed E-state index contributed by atoms with van der Waals surface area (Å²) in [6, 6.07) is 7.20. The molecule has 0 radical (unpaired) electrons. The summed E-state index contributed by atoms with van der Waals surface area (Å²) in [6.45, 7) is 8.56. The monoisotopic (exact) mass is 847 g/mol. The zero-order chi connectivity index (χ0) is 44.2. The lowest BCUT2D eigenvalue weighted by Crippen LogP contribution is -2.20. The van der Waals surface area contributed by atoms with Gasteiger partial charge in [0.1, 0.15) is 28.0 Å². The molecule has 0 bridgehead atoms. The van der Waals surface area contributed by atoms with Crippen LogP contribution in [0.5, 0.6) is 23.0 Å². The predicted molar refractivity (Wildman–Crippen MR) is 243 cm³/mol. The van der Waals surface area contributed by atoms with Gasteiger partial charge in [-0.3, -0.25) is 24.0 Å². The maximum absolute atomic E-state index is 14.9. The first-order chi connectivity index (χ1) is 29.6. The Morgan fingerprint density at radius 1 is 0.508 bits per heavy atom. The van der Waals surface area contributed by atoms with Crippen molar-refractivity contribution in [2.24, 2.45) is 0 Å². The van der Waals surface area contributed by atoms with Crippen molar-refractivity contribution in [2.45, 2.75) is 207 Å². The number of hydrogen-bond donors (Lipinski definition) is 1. The molecule has 61 heavy (non-hydrogen) atoms. The van der Waals surface area contributed by atoms with Crippen molar-refractivity contribution in [1.82, 2.24) is 0 Å². The number of Topliss-reactive ketones (excluding diaryl/α,β-unsaturated/α-hetero) is 1. The minimum atomic E-state index is -0.818. The summed E-state index contributed by atoms with van der Waals surface area (Å²) >= 11 is 0. The zero-order valence-corrected chi connectivity index (χ0v) is 37.8. The number of esters is 3. The van der Waals surface area contributed by atoms with E-state index in [2.05, 4.69) is 27.7 Å². The van der Waals surface area contributed by atoms with Crippen LogP contribution < -0.4 is 19.6 Å². The Morgan fingerprint density at radius 2 is 0.902 bits per heavy atom. The highest BCUT2D eigenvalue weighted by Gasteiger charge is 2.31. The number of phenols is 1. The van der Waals surface area contributed by atoms with Crippen molar-refractivity contribution in [3.8, 4) is 34.3 Å². The summed E-state index contributed by atoms with van der Waals surface area (Å²) in [5.74, 6) is -3.35. The molecule has 0 unspecified atom stereocenters. The summed E-state index contributed by atoms with van der Waals surface area (Å²) in [5.41, 5.74) is -0.792. The number of aromatic hydroxyl groups is 1. The Balaban J connectivity index is 2.19. The normalized spacial score (nSPS) is 11.2. The number of ketones is 1. The Hall–Kier alpha value is -4.47. The highest BCUT2D eigenvalue weighted by molar-refractivity contribution is 6.08. The summed E-state index contributed by atoms with van der Waals surface area (Å²) in [7, 11) is 0. The number of ether oxygens (including phenoxy) is 3. The van der Waals surface area contributed by atoms with E-state index >= 15 is 0 Å². The Morgan fingerprint density at radius 3 is 1.36 bits per heavy atom. The summed E-state index contributed by atoms with van der Waals surface area (Å²) in [4.78, 5) is 69.8. The molecule has 3 aromatic rings. The van der Waals surface area contributed by atoms with Gasteiger partial charge in [0, 0.05) is 37.3 Å². The Kier molecular flexibility index (Phi) is 24.8. The maximum atomic E-state index is 14.9. The average molecular weight is 847 g/mol. The number of benzene rings is 2. The summed E-state index contributed by atoms with van der Waals surface area (Å²) in [6.07, 6.45) is 22.9. The molecule has 1 N–H and O–H groups in total. The van der Waals surface area contributed by atoms with Gasteiger partial charge in [-0.15, -0.1) is 0 Å². The topological polar surface area (TPSA) is 146 Å². The number of phenolic OH excluding ortho intramolecular Hbond substituents is 1. The van der Waals surface area contributed by atoms with Crippen LogP contribution in [0, 0.1) is 0 Å². The van der Waals surface area contributed by atoms with Crippen LogP contribution in [0.25, 0.3) is 22.3 Å². The molecule has 0 amide bonds. The molecular weight excluding hydrogens is 773 g/mol. The van der Waals surface area contributed by atoms with Crippen LogP contribution in [0.15, 0.2) is 39.5 Å². The maximum Gasteiger partial charge on any atom is 0.311 e. The van der Waals surface area contributed by atoms with Gasteiger partial charge in [0.15, 0.2) is 17.3 Å². The lowest BCUT2D eigenvalue weighted by molar-refractivity contribution is -0.135. The van der Waals surface area contributed by atoms with Gasteiger partial charge in [-0.2, -0.15) is 0 Å². The average Bonchev–Trinajstić information content (AvgIpc) is 3.24. The van der Waals surface area contributed by atoms with Gasteiger partial charge < -0.3 is 23.7 Å².